The second kappa shape index (κ2) is 5.97. The molecule has 2 aromatic rings. The van der Waals surface area contributed by atoms with Gasteiger partial charge in [0, 0.05) is 11.6 Å². The van der Waals surface area contributed by atoms with Gasteiger partial charge in [0.05, 0.1) is 6.26 Å². The highest BCUT2D eigenvalue weighted by molar-refractivity contribution is 5.26. The van der Waals surface area contributed by atoms with Gasteiger partial charge >= 0.3 is 0 Å². The molecular weight excluding hydrogens is 248 g/mol. The van der Waals surface area contributed by atoms with Crippen LogP contribution < -0.4 is 5.32 Å². The third kappa shape index (κ3) is 3.01. The molecule has 0 radical (unpaired) electrons. The first-order valence-corrected chi connectivity index (χ1v) is 6.33. The Labute approximate surface area is 111 Å². The van der Waals surface area contributed by atoms with Gasteiger partial charge in [0.1, 0.15) is 5.76 Å². The van der Waals surface area contributed by atoms with Crippen LogP contribution in [0.3, 0.4) is 0 Å². The third-order valence-corrected chi connectivity index (χ3v) is 3.18. The molecule has 1 N–H and O–H groups in total. The number of halogens is 2. The highest BCUT2D eigenvalue weighted by atomic mass is 19.2. The van der Waals surface area contributed by atoms with Crippen molar-refractivity contribution in [3.63, 3.8) is 0 Å². The summed E-state index contributed by atoms with van der Waals surface area (Å²) in [6.07, 6.45) is 1.99. The molecule has 19 heavy (non-hydrogen) atoms. The van der Waals surface area contributed by atoms with Gasteiger partial charge in [-0.15, -0.1) is 0 Å². The zero-order chi connectivity index (χ0) is 13.8. The van der Waals surface area contributed by atoms with Gasteiger partial charge in [-0.3, -0.25) is 0 Å². The predicted molar refractivity (Wildman–Crippen MR) is 69.9 cm³/mol. The van der Waals surface area contributed by atoms with Crippen molar-refractivity contribution in [3.8, 4) is 0 Å². The Morgan fingerprint density at radius 2 is 2.05 bits per heavy atom. The van der Waals surface area contributed by atoms with E-state index in [4.69, 9.17) is 4.42 Å². The molecule has 2 rings (SSSR count). The van der Waals surface area contributed by atoms with Crippen LogP contribution in [0.2, 0.25) is 0 Å². The summed E-state index contributed by atoms with van der Waals surface area (Å²) in [5.41, 5.74) is 1.34. The average molecular weight is 265 g/mol. The van der Waals surface area contributed by atoms with Crippen molar-refractivity contribution < 1.29 is 13.2 Å². The number of hydrogen-bond donors (Lipinski definition) is 1. The molecule has 1 heterocycles. The minimum absolute atomic E-state index is 0.0833. The maximum absolute atomic E-state index is 13.7. The number of rotatable bonds is 5. The van der Waals surface area contributed by atoms with Gasteiger partial charge in [0.25, 0.3) is 0 Å². The van der Waals surface area contributed by atoms with E-state index in [1.807, 2.05) is 19.9 Å². The number of likely N-dealkylation sites (N-methyl/N-ethyl adjacent to an activating group) is 1. The molecular formula is C15H17F2NO. The second-order valence-corrected chi connectivity index (χ2v) is 4.46. The van der Waals surface area contributed by atoms with Crippen LogP contribution in [0.5, 0.6) is 0 Å². The summed E-state index contributed by atoms with van der Waals surface area (Å²) in [7, 11) is 0. The van der Waals surface area contributed by atoms with E-state index in [0.717, 1.165) is 23.9 Å². The molecule has 0 aliphatic heterocycles. The summed E-state index contributed by atoms with van der Waals surface area (Å²) in [5.74, 6) is -0.786. The monoisotopic (exact) mass is 265 g/mol. The van der Waals surface area contributed by atoms with Crippen molar-refractivity contribution >= 4 is 0 Å². The number of benzene rings is 1. The lowest BCUT2D eigenvalue weighted by Crippen LogP contribution is -2.23. The van der Waals surface area contributed by atoms with Crippen molar-refractivity contribution in [1.82, 2.24) is 5.32 Å². The molecule has 1 unspecified atom stereocenters. The van der Waals surface area contributed by atoms with Gasteiger partial charge in [-0.25, -0.2) is 8.78 Å². The normalized spacial score (nSPS) is 12.6. The van der Waals surface area contributed by atoms with Crippen LogP contribution in [-0.2, 0) is 6.42 Å². The Kier molecular flexibility index (Phi) is 4.32. The van der Waals surface area contributed by atoms with Crippen LogP contribution >= 0.6 is 0 Å². The fraction of sp³-hybridized carbons (Fsp3) is 0.333. The Balaban J connectivity index is 2.27. The Bertz CT molecular complexity index is 551. The number of nitrogens with one attached hydrogen (secondary N) is 1. The van der Waals surface area contributed by atoms with Gasteiger partial charge in [0.2, 0.25) is 0 Å². The molecule has 0 amide bonds. The standard InChI is InChI=1S/C15H17F2NO/c1-3-18-14(12-7-8-19-10(12)2)9-11-5-4-6-13(16)15(11)17/h4-8,14,18H,3,9H2,1-2H3. The van der Waals surface area contributed by atoms with Gasteiger partial charge in [-0.2, -0.15) is 0 Å². The van der Waals surface area contributed by atoms with E-state index in [1.165, 1.54) is 6.07 Å². The molecule has 1 atom stereocenters. The zero-order valence-electron chi connectivity index (χ0n) is 11.0. The SMILES string of the molecule is CCNC(Cc1cccc(F)c1F)c1ccoc1C. The Morgan fingerprint density at radius 1 is 1.26 bits per heavy atom. The van der Waals surface area contributed by atoms with Crippen LogP contribution in [0.4, 0.5) is 8.78 Å². The number of hydrogen-bond acceptors (Lipinski definition) is 2. The van der Waals surface area contributed by atoms with E-state index < -0.39 is 11.6 Å². The largest absolute Gasteiger partial charge is 0.469 e. The van der Waals surface area contributed by atoms with Crippen LogP contribution in [0, 0.1) is 18.6 Å². The summed E-state index contributed by atoms with van der Waals surface area (Å²) in [6, 6.07) is 6.04. The van der Waals surface area contributed by atoms with Crippen LogP contribution in [0.25, 0.3) is 0 Å². The molecule has 0 aliphatic rings. The molecule has 4 heteroatoms. The predicted octanol–water partition coefficient (Wildman–Crippen LogP) is 3.76. The minimum atomic E-state index is -0.809. The summed E-state index contributed by atoms with van der Waals surface area (Å²) in [4.78, 5) is 0. The lowest BCUT2D eigenvalue weighted by Gasteiger charge is -2.18. The number of aryl methyl sites for hydroxylation is 1. The maximum Gasteiger partial charge on any atom is 0.162 e. The fourth-order valence-electron chi connectivity index (χ4n) is 2.22. The lowest BCUT2D eigenvalue weighted by molar-refractivity contribution is 0.473. The highest BCUT2D eigenvalue weighted by Gasteiger charge is 2.18. The van der Waals surface area contributed by atoms with Crippen molar-refractivity contribution in [2.24, 2.45) is 0 Å². The van der Waals surface area contributed by atoms with Crippen molar-refractivity contribution in [3.05, 3.63) is 59.1 Å². The molecule has 2 nitrogen and oxygen atoms in total. The van der Waals surface area contributed by atoms with Crippen LogP contribution in [-0.4, -0.2) is 6.54 Å². The van der Waals surface area contributed by atoms with Crippen LogP contribution in [0.1, 0.15) is 29.9 Å². The topological polar surface area (TPSA) is 25.2 Å². The summed E-state index contributed by atoms with van der Waals surface area (Å²) < 4.78 is 32.2. The first kappa shape index (κ1) is 13.7. The molecule has 0 fully saturated rings. The minimum Gasteiger partial charge on any atom is -0.469 e. The van der Waals surface area contributed by atoms with Crippen molar-refractivity contribution in [2.45, 2.75) is 26.3 Å². The van der Waals surface area contributed by atoms with Gasteiger partial charge in [-0.1, -0.05) is 19.1 Å². The molecule has 1 aromatic carbocycles. The van der Waals surface area contributed by atoms with Crippen molar-refractivity contribution in [1.29, 1.82) is 0 Å². The maximum atomic E-state index is 13.7. The average Bonchev–Trinajstić information content (AvgIpc) is 2.80. The third-order valence-electron chi connectivity index (χ3n) is 3.18. The molecule has 0 aliphatic carbocycles. The van der Waals surface area contributed by atoms with E-state index in [-0.39, 0.29) is 6.04 Å². The first-order valence-electron chi connectivity index (χ1n) is 6.33. The summed E-state index contributed by atoms with van der Waals surface area (Å²) >= 11 is 0. The van der Waals surface area contributed by atoms with Crippen molar-refractivity contribution in [2.75, 3.05) is 6.54 Å². The lowest BCUT2D eigenvalue weighted by atomic mass is 9.99. The molecule has 102 valence electrons. The summed E-state index contributed by atoms with van der Waals surface area (Å²) in [6.45, 7) is 4.58. The van der Waals surface area contributed by atoms with Gasteiger partial charge < -0.3 is 9.73 Å². The highest BCUT2D eigenvalue weighted by Crippen LogP contribution is 2.24. The Morgan fingerprint density at radius 3 is 2.68 bits per heavy atom. The zero-order valence-corrected chi connectivity index (χ0v) is 11.0. The van der Waals surface area contributed by atoms with E-state index >= 15 is 0 Å². The van der Waals surface area contributed by atoms with Gasteiger partial charge in [0.15, 0.2) is 11.6 Å². The molecule has 0 bridgehead atoms. The summed E-state index contributed by atoms with van der Waals surface area (Å²) in [5, 5.41) is 3.27. The fourth-order valence-corrected chi connectivity index (χ4v) is 2.22. The molecule has 0 saturated carbocycles. The van der Waals surface area contributed by atoms with E-state index in [1.54, 1.807) is 12.3 Å². The quantitative estimate of drug-likeness (QED) is 0.890. The van der Waals surface area contributed by atoms with Gasteiger partial charge in [-0.05, 0) is 37.6 Å². The molecule has 0 spiro atoms. The molecule has 1 aromatic heterocycles. The van der Waals surface area contributed by atoms with E-state index in [0.29, 0.717) is 12.0 Å². The molecule has 0 saturated heterocycles. The smallest absolute Gasteiger partial charge is 0.162 e. The van der Waals surface area contributed by atoms with Crippen LogP contribution in [0.15, 0.2) is 34.9 Å². The van der Waals surface area contributed by atoms with E-state index in [2.05, 4.69) is 5.32 Å². The van der Waals surface area contributed by atoms with E-state index in [9.17, 15) is 8.78 Å². The number of furan rings is 1. The Hall–Kier alpha value is -1.68. The second-order valence-electron chi connectivity index (χ2n) is 4.46. The first-order chi connectivity index (χ1) is 9.13.